The number of hydrogen-bond donors (Lipinski definition) is 0. The average Bonchev–Trinajstić information content (AvgIpc) is 0. The molecule has 0 spiro atoms. The van der Waals surface area contributed by atoms with E-state index >= 15 is 0 Å². The summed E-state index contributed by atoms with van der Waals surface area (Å²) in [6, 6.07) is 0. The average molecular weight is 541 g/mol. The molecule has 0 unspecified atom stereocenters. The molecule has 0 aliphatic carbocycles. The first-order valence-electron chi connectivity index (χ1n) is 0. The minimum absolute atomic E-state index is 0. The van der Waals surface area contributed by atoms with Crippen molar-refractivity contribution in [1.82, 2.24) is 0 Å². The molecular formula is Eu2Se3. The predicted octanol–water partition coefficient (Wildman–Crippen LogP) is -1.14. The third kappa shape index (κ3) is 17.7. The normalized spacial score (nSPS) is 0. The first-order valence-corrected chi connectivity index (χ1v) is 0. The zero-order valence-corrected chi connectivity index (χ0v) is 12.0. The molecule has 0 aromatic carbocycles. The van der Waals surface area contributed by atoms with Crippen LogP contribution >= 0.6 is 0 Å². The molecule has 0 atom stereocenters. The molecule has 0 bridgehead atoms. The summed E-state index contributed by atoms with van der Waals surface area (Å²) in [7, 11) is 0. The molecule has 0 amide bonds. The largest absolute Gasteiger partial charge is 3.00 e. The van der Waals surface area contributed by atoms with Gasteiger partial charge < -0.3 is 51.2 Å². The quantitative estimate of drug-likeness (QED) is 0.341. The second kappa shape index (κ2) is 23.3. The van der Waals surface area contributed by atoms with Crippen LogP contribution in [0.4, 0.5) is 0 Å². The van der Waals surface area contributed by atoms with Crippen LogP contribution in [0.5, 0.6) is 0 Å². The van der Waals surface area contributed by atoms with E-state index in [0.29, 0.717) is 0 Å². The van der Waals surface area contributed by atoms with E-state index in [0.717, 1.165) is 0 Å². The Kier molecular flexibility index (Phi) is 155. The standard InChI is InChI=1S/2Eu.3Se/q2*+3;3*-2. The second-order valence-corrected chi connectivity index (χ2v) is 0. The van der Waals surface area contributed by atoms with Crippen molar-refractivity contribution < 1.29 is 98.8 Å². The molecule has 0 nitrogen and oxygen atoms in total. The number of rotatable bonds is 0. The molecular weight excluding hydrogens is 541 g/mol. The minimum atomic E-state index is 0. The Hall–Kier alpha value is 4.73. The van der Waals surface area contributed by atoms with E-state index < -0.39 is 0 Å². The van der Waals surface area contributed by atoms with Crippen molar-refractivity contribution in [3.8, 4) is 0 Å². The van der Waals surface area contributed by atoms with Crippen LogP contribution < -0.4 is 0 Å². The third-order valence-corrected chi connectivity index (χ3v) is 0. The van der Waals surface area contributed by atoms with Crippen LogP contribution in [0.2, 0.25) is 0 Å². The Morgan fingerprint density at radius 2 is 0.400 bits per heavy atom. The molecule has 0 saturated carbocycles. The van der Waals surface area contributed by atoms with Crippen LogP contribution in [0.15, 0.2) is 0 Å². The Morgan fingerprint density at radius 3 is 0.400 bits per heavy atom. The van der Waals surface area contributed by atoms with Gasteiger partial charge >= 0.3 is 98.8 Å². The Morgan fingerprint density at radius 1 is 0.400 bits per heavy atom. The van der Waals surface area contributed by atoms with Crippen LogP contribution in [0.1, 0.15) is 0 Å². The molecule has 0 fully saturated rings. The van der Waals surface area contributed by atoms with E-state index in [1.807, 2.05) is 0 Å². The summed E-state index contributed by atoms with van der Waals surface area (Å²) < 4.78 is 0. The molecule has 0 aromatic rings. The van der Waals surface area contributed by atoms with Gasteiger partial charge in [-0.2, -0.15) is 0 Å². The Bertz CT molecular complexity index is 4.85. The minimum Gasteiger partial charge on any atom is -2.00 e. The van der Waals surface area contributed by atoms with Crippen LogP contribution in [0.25, 0.3) is 0 Å². The van der Waals surface area contributed by atoms with Gasteiger partial charge in [0.2, 0.25) is 0 Å². The van der Waals surface area contributed by atoms with Crippen molar-refractivity contribution in [1.29, 1.82) is 0 Å². The first kappa shape index (κ1) is 33.2. The maximum Gasteiger partial charge on any atom is 3.00 e. The van der Waals surface area contributed by atoms with E-state index in [1.54, 1.807) is 0 Å². The summed E-state index contributed by atoms with van der Waals surface area (Å²) in [5.41, 5.74) is 0. The summed E-state index contributed by atoms with van der Waals surface area (Å²) >= 11 is 0. The molecule has 0 rings (SSSR count). The first-order chi connectivity index (χ1) is 0. The zero-order valence-electron chi connectivity index (χ0n) is 1.98. The summed E-state index contributed by atoms with van der Waals surface area (Å²) in [6.45, 7) is 0. The van der Waals surface area contributed by atoms with Crippen molar-refractivity contribution >= 4 is 51.2 Å². The predicted molar refractivity (Wildman–Crippen MR) is 17.3 cm³/mol. The Labute approximate surface area is 145 Å². The molecule has 5 heavy (non-hydrogen) atoms. The summed E-state index contributed by atoms with van der Waals surface area (Å²) in [5, 5.41) is 0. The fourth-order valence-corrected chi connectivity index (χ4v) is 0. The molecule has 0 aromatic heterocycles. The van der Waals surface area contributed by atoms with Gasteiger partial charge in [0.15, 0.2) is 0 Å². The Balaban J connectivity index is 0. The molecule has 0 radical (unpaired) electrons. The van der Waals surface area contributed by atoms with Gasteiger partial charge in [0.1, 0.15) is 0 Å². The van der Waals surface area contributed by atoms with Crippen LogP contribution in [0, 0.1) is 98.8 Å². The van der Waals surface area contributed by atoms with E-state index in [1.165, 1.54) is 0 Å². The van der Waals surface area contributed by atoms with E-state index in [2.05, 4.69) is 0 Å². The molecule has 0 N–H and O–H groups in total. The van der Waals surface area contributed by atoms with Crippen molar-refractivity contribution in [2.75, 3.05) is 0 Å². The van der Waals surface area contributed by atoms with Gasteiger partial charge in [-0.1, -0.05) is 0 Å². The van der Waals surface area contributed by atoms with Crippen molar-refractivity contribution in [3.05, 3.63) is 0 Å². The summed E-state index contributed by atoms with van der Waals surface area (Å²) in [6.07, 6.45) is 0. The van der Waals surface area contributed by atoms with E-state index in [9.17, 15) is 0 Å². The molecule has 0 heterocycles. The van der Waals surface area contributed by atoms with Gasteiger partial charge in [-0.3, -0.25) is 0 Å². The van der Waals surface area contributed by atoms with Gasteiger partial charge in [-0.05, 0) is 0 Å². The molecule has 0 aliphatic heterocycles. The molecule has 0 saturated heterocycles. The third-order valence-electron chi connectivity index (χ3n) is 0. The van der Waals surface area contributed by atoms with Gasteiger partial charge in [0, 0.05) is 0 Å². The number of hydrogen-bond acceptors (Lipinski definition) is 0. The zero-order chi connectivity index (χ0) is 0. The second-order valence-electron chi connectivity index (χ2n) is 0. The van der Waals surface area contributed by atoms with Gasteiger partial charge in [0.05, 0.1) is 0 Å². The summed E-state index contributed by atoms with van der Waals surface area (Å²) in [4.78, 5) is 0. The van der Waals surface area contributed by atoms with Crippen LogP contribution in [-0.2, 0) is 0 Å². The molecule has 5 heteroatoms. The fourth-order valence-electron chi connectivity index (χ4n) is 0. The van der Waals surface area contributed by atoms with Gasteiger partial charge in [0.25, 0.3) is 0 Å². The molecule has 32 valence electrons. The van der Waals surface area contributed by atoms with Crippen molar-refractivity contribution in [2.45, 2.75) is 0 Å². The molecule has 0 aliphatic rings. The fraction of sp³-hybridized carbons (Fsp3) is 0. The van der Waals surface area contributed by atoms with Gasteiger partial charge in [-0.15, -0.1) is 0 Å². The maximum atomic E-state index is 0. The van der Waals surface area contributed by atoms with E-state index in [4.69, 9.17) is 0 Å². The maximum absolute atomic E-state index is 0. The van der Waals surface area contributed by atoms with Crippen molar-refractivity contribution in [3.63, 3.8) is 0 Å². The van der Waals surface area contributed by atoms with Crippen LogP contribution in [-0.4, -0.2) is 51.2 Å². The van der Waals surface area contributed by atoms with E-state index in [-0.39, 0.29) is 150 Å². The van der Waals surface area contributed by atoms with Gasteiger partial charge in [-0.25, -0.2) is 0 Å². The van der Waals surface area contributed by atoms with Crippen molar-refractivity contribution in [2.24, 2.45) is 0 Å². The smallest absolute Gasteiger partial charge is 2.00 e. The topological polar surface area (TPSA) is 0 Å². The van der Waals surface area contributed by atoms with Crippen LogP contribution in [0.3, 0.4) is 0 Å². The monoisotopic (exact) mass is 546 g/mol. The SMILES string of the molecule is [Eu+3].[Eu+3].[Se-2].[Se-2].[Se-2]. The summed E-state index contributed by atoms with van der Waals surface area (Å²) in [5.74, 6) is 0.